The molecule has 3 amide bonds. The molecule has 0 unspecified atom stereocenters. The van der Waals surface area contributed by atoms with Gasteiger partial charge in [0.15, 0.2) is 0 Å². The van der Waals surface area contributed by atoms with Crippen LogP contribution >= 0.6 is 0 Å². The first-order valence-corrected chi connectivity index (χ1v) is 6.04. The third-order valence-electron chi connectivity index (χ3n) is 2.45. The van der Waals surface area contributed by atoms with Crippen LogP contribution in [0.4, 0.5) is 5.69 Å². The summed E-state index contributed by atoms with van der Waals surface area (Å²) in [5.41, 5.74) is 6.01. The molecule has 0 radical (unpaired) electrons. The Morgan fingerprint density at radius 2 is 1.84 bits per heavy atom. The topological polar surface area (TPSA) is 101 Å². The SMILES string of the molecule is CCCCNC(=O)C(=O)NC(=O)c1ccccc1N. The number of unbranched alkanes of at least 4 members (excludes halogenated alkanes) is 1. The van der Waals surface area contributed by atoms with E-state index >= 15 is 0 Å². The monoisotopic (exact) mass is 263 g/mol. The van der Waals surface area contributed by atoms with Crippen LogP contribution in [0.1, 0.15) is 30.1 Å². The van der Waals surface area contributed by atoms with E-state index in [1.807, 2.05) is 12.2 Å². The Bertz CT molecular complexity index is 486. The predicted octanol–water partition coefficient (Wildman–Crippen LogP) is 0.441. The Balaban J connectivity index is 2.55. The van der Waals surface area contributed by atoms with Crippen LogP contribution in [0.5, 0.6) is 0 Å². The maximum Gasteiger partial charge on any atom is 0.316 e. The lowest BCUT2D eigenvalue weighted by molar-refractivity contribution is -0.138. The van der Waals surface area contributed by atoms with Gasteiger partial charge in [0.05, 0.1) is 5.56 Å². The fraction of sp³-hybridized carbons (Fsp3) is 0.308. The zero-order valence-corrected chi connectivity index (χ0v) is 10.7. The molecule has 0 bridgehead atoms. The Morgan fingerprint density at radius 3 is 2.47 bits per heavy atom. The van der Waals surface area contributed by atoms with E-state index < -0.39 is 17.7 Å². The summed E-state index contributed by atoms with van der Waals surface area (Å²) in [4.78, 5) is 34.5. The van der Waals surface area contributed by atoms with Crippen molar-refractivity contribution < 1.29 is 14.4 Å². The number of para-hydroxylation sites is 1. The van der Waals surface area contributed by atoms with Crippen molar-refractivity contribution in [1.82, 2.24) is 10.6 Å². The second-order valence-electron chi connectivity index (χ2n) is 3.98. The molecule has 0 heterocycles. The number of carbonyl (C=O) groups excluding carboxylic acids is 3. The van der Waals surface area contributed by atoms with Gasteiger partial charge in [0.1, 0.15) is 0 Å². The highest BCUT2D eigenvalue weighted by atomic mass is 16.2. The van der Waals surface area contributed by atoms with Crippen molar-refractivity contribution >= 4 is 23.4 Å². The van der Waals surface area contributed by atoms with E-state index in [2.05, 4.69) is 5.32 Å². The average molecular weight is 263 g/mol. The molecule has 1 rings (SSSR count). The minimum atomic E-state index is -0.982. The Kier molecular flexibility index (Phi) is 5.53. The largest absolute Gasteiger partial charge is 0.398 e. The minimum Gasteiger partial charge on any atom is -0.398 e. The molecule has 0 fully saturated rings. The number of nitrogens with two attached hydrogens (primary N) is 1. The van der Waals surface area contributed by atoms with Gasteiger partial charge in [-0.3, -0.25) is 19.7 Å². The summed E-state index contributed by atoms with van der Waals surface area (Å²) in [5, 5.41) is 4.41. The lowest BCUT2D eigenvalue weighted by Crippen LogP contribution is -2.43. The Hall–Kier alpha value is -2.37. The molecule has 0 aliphatic rings. The predicted molar refractivity (Wildman–Crippen MR) is 71.2 cm³/mol. The molecule has 0 aromatic heterocycles. The number of benzene rings is 1. The Morgan fingerprint density at radius 1 is 1.16 bits per heavy atom. The summed E-state index contributed by atoms with van der Waals surface area (Å²) in [6.07, 6.45) is 1.68. The summed E-state index contributed by atoms with van der Waals surface area (Å²) in [6.45, 7) is 2.37. The van der Waals surface area contributed by atoms with Crippen LogP contribution in [0.25, 0.3) is 0 Å². The van der Waals surface area contributed by atoms with Crippen LogP contribution < -0.4 is 16.4 Å². The molecule has 4 N–H and O–H groups in total. The molecule has 19 heavy (non-hydrogen) atoms. The fourth-order valence-electron chi connectivity index (χ4n) is 1.39. The van der Waals surface area contributed by atoms with Gasteiger partial charge in [0.25, 0.3) is 5.91 Å². The van der Waals surface area contributed by atoms with Gasteiger partial charge >= 0.3 is 11.8 Å². The number of hydrogen-bond donors (Lipinski definition) is 3. The van der Waals surface area contributed by atoms with Crippen molar-refractivity contribution in [3.05, 3.63) is 29.8 Å². The van der Waals surface area contributed by atoms with Crippen LogP contribution in [0.2, 0.25) is 0 Å². The highest BCUT2D eigenvalue weighted by Crippen LogP contribution is 2.09. The molecule has 0 saturated carbocycles. The van der Waals surface area contributed by atoms with E-state index in [-0.39, 0.29) is 11.3 Å². The third-order valence-corrected chi connectivity index (χ3v) is 2.45. The number of hydrogen-bond acceptors (Lipinski definition) is 4. The molecule has 0 saturated heterocycles. The quantitative estimate of drug-likeness (QED) is 0.417. The molecule has 1 aromatic rings. The van der Waals surface area contributed by atoms with Crippen molar-refractivity contribution in [2.45, 2.75) is 19.8 Å². The second kappa shape index (κ2) is 7.15. The molecule has 1 aromatic carbocycles. The number of amides is 3. The van der Waals surface area contributed by atoms with Gasteiger partial charge in [0, 0.05) is 12.2 Å². The van der Waals surface area contributed by atoms with Crippen molar-refractivity contribution in [3.8, 4) is 0 Å². The zero-order chi connectivity index (χ0) is 14.3. The van der Waals surface area contributed by atoms with Gasteiger partial charge in [0.2, 0.25) is 0 Å². The van der Waals surface area contributed by atoms with Gasteiger partial charge in [-0.2, -0.15) is 0 Å². The number of nitrogens with one attached hydrogen (secondary N) is 2. The molecule has 6 heteroatoms. The highest BCUT2D eigenvalue weighted by Gasteiger charge is 2.18. The van der Waals surface area contributed by atoms with Gasteiger partial charge < -0.3 is 11.1 Å². The van der Waals surface area contributed by atoms with Crippen molar-refractivity contribution in [2.24, 2.45) is 0 Å². The minimum absolute atomic E-state index is 0.164. The van der Waals surface area contributed by atoms with Crippen molar-refractivity contribution in [3.63, 3.8) is 0 Å². The molecular formula is C13H17N3O3. The number of nitrogen functional groups attached to an aromatic ring is 1. The average Bonchev–Trinajstić information content (AvgIpc) is 2.39. The molecule has 0 aliphatic heterocycles. The summed E-state index contributed by atoms with van der Waals surface area (Å²) < 4.78 is 0. The van der Waals surface area contributed by atoms with Crippen molar-refractivity contribution in [1.29, 1.82) is 0 Å². The zero-order valence-electron chi connectivity index (χ0n) is 10.7. The lowest BCUT2D eigenvalue weighted by atomic mass is 10.1. The van der Waals surface area contributed by atoms with Crippen LogP contribution in [-0.2, 0) is 9.59 Å². The molecule has 102 valence electrons. The van der Waals surface area contributed by atoms with Crippen molar-refractivity contribution in [2.75, 3.05) is 12.3 Å². The first kappa shape index (κ1) is 14.7. The smallest absolute Gasteiger partial charge is 0.316 e. The Labute approximate surface area is 111 Å². The van der Waals surface area contributed by atoms with Gasteiger partial charge in [-0.25, -0.2) is 0 Å². The molecule has 6 nitrogen and oxygen atoms in total. The third kappa shape index (κ3) is 4.42. The molecule has 0 aliphatic carbocycles. The van der Waals surface area contributed by atoms with E-state index in [9.17, 15) is 14.4 Å². The molecule has 0 spiro atoms. The number of rotatable bonds is 4. The van der Waals surface area contributed by atoms with Gasteiger partial charge in [-0.05, 0) is 18.6 Å². The molecule has 0 atom stereocenters. The van der Waals surface area contributed by atoms with Crippen LogP contribution in [-0.4, -0.2) is 24.3 Å². The van der Waals surface area contributed by atoms with Crippen LogP contribution in [0.15, 0.2) is 24.3 Å². The maximum absolute atomic E-state index is 11.7. The summed E-state index contributed by atoms with van der Waals surface area (Å²) in [6, 6.07) is 6.32. The first-order chi connectivity index (χ1) is 9.06. The molecular weight excluding hydrogens is 246 g/mol. The number of imide groups is 1. The van der Waals surface area contributed by atoms with E-state index in [4.69, 9.17) is 5.73 Å². The maximum atomic E-state index is 11.7. The van der Waals surface area contributed by atoms with Gasteiger partial charge in [-0.1, -0.05) is 25.5 Å². The number of carbonyl (C=O) groups is 3. The van der Waals surface area contributed by atoms with E-state index in [1.54, 1.807) is 18.2 Å². The van der Waals surface area contributed by atoms with Crippen LogP contribution in [0.3, 0.4) is 0 Å². The first-order valence-electron chi connectivity index (χ1n) is 6.04. The highest BCUT2D eigenvalue weighted by molar-refractivity contribution is 6.38. The summed E-state index contributed by atoms with van der Waals surface area (Å²) >= 11 is 0. The standard InChI is InChI=1S/C13H17N3O3/c1-2-3-8-15-12(18)13(19)16-11(17)9-6-4-5-7-10(9)14/h4-7H,2-3,8,14H2,1H3,(H,15,18)(H,16,17,19). The second-order valence-corrected chi connectivity index (χ2v) is 3.98. The van der Waals surface area contributed by atoms with E-state index in [0.29, 0.717) is 6.54 Å². The fourth-order valence-corrected chi connectivity index (χ4v) is 1.39. The van der Waals surface area contributed by atoms with E-state index in [1.165, 1.54) is 6.07 Å². The lowest BCUT2D eigenvalue weighted by Gasteiger charge is -2.06. The normalized spacial score (nSPS) is 9.74. The summed E-state index contributed by atoms with van der Waals surface area (Å²) in [7, 11) is 0. The number of anilines is 1. The van der Waals surface area contributed by atoms with Gasteiger partial charge in [-0.15, -0.1) is 0 Å². The summed E-state index contributed by atoms with van der Waals surface area (Å²) in [5.74, 6) is -2.49. The van der Waals surface area contributed by atoms with Crippen LogP contribution in [0, 0.1) is 0 Å². The van der Waals surface area contributed by atoms with E-state index in [0.717, 1.165) is 12.8 Å².